The molecule has 0 fully saturated rings. The van der Waals surface area contributed by atoms with Crippen molar-refractivity contribution in [3.63, 3.8) is 0 Å². The highest BCUT2D eigenvalue weighted by Gasteiger charge is 2.47. The third kappa shape index (κ3) is 6.89. The average Bonchev–Trinajstić information content (AvgIpc) is 3.79. The Bertz CT molecular complexity index is 4130. The summed E-state index contributed by atoms with van der Waals surface area (Å²) in [5.74, 6) is 4.73. The largest absolute Gasteiger partial charge is 0.458 e. The second-order valence-electron chi connectivity index (χ2n) is 21.9. The Labute approximate surface area is 444 Å². The zero-order valence-electron chi connectivity index (χ0n) is 43.0. The van der Waals surface area contributed by atoms with Gasteiger partial charge in [0.1, 0.15) is 34.5 Å². The summed E-state index contributed by atoms with van der Waals surface area (Å²) >= 11 is 0. The van der Waals surface area contributed by atoms with E-state index in [9.17, 15) is 0 Å². The molecule has 0 aliphatic carbocycles. The van der Waals surface area contributed by atoms with Crippen LogP contribution in [0.5, 0.6) is 34.5 Å². The summed E-state index contributed by atoms with van der Waals surface area (Å²) in [7, 11) is 0. The molecule has 0 spiro atoms. The lowest BCUT2D eigenvalue weighted by atomic mass is 9.30. The summed E-state index contributed by atoms with van der Waals surface area (Å²) in [5, 5.41) is 2.47. The van der Waals surface area contributed by atoms with Gasteiger partial charge in [0.05, 0.1) is 5.52 Å². The number of benzene rings is 10. The van der Waals surface area contributed by atoms with E-state index in [4.69, 9.17) is 14.2 Å². The number of ether oxygens (including phenoxy) is 3. The quantitative estimate of drug-likeness (QED) is 0.135. The maximum Gasteiger partial charge on any atom is 0.256 e. The van der Waals surface area contributed by atoms with Gasteiger partial charge in [-0.15, -0.1) is 0 Å². The van der Waals surface area contributed by atoms with E-state index in [-0.39, 0.29) is 18.8 Å². The van der Waals surface area contributed by atoms with Gasteiger partial charge < -0.3 is 28.6 Å². The molecule has 10 aromatic carbocycles. The number of hydrogen-bond acceptors (Lipinski definition) is 5. The zero-order chi connectivity index (χ0) is 50.8. The van der Waals surface area contributed by atoms with Crippen molar-refractivity contribution in [2.24, 2.45) is 0 Å². The SMILES string of the molecule is CCCCc1ccc(Oc2cc3c4c(c2)N(c2ccccc2)c2cc5c(cc2B4c2ccccc2O3)B2c3c(cc(Oc4ccc(C(C)(C)C)cc4)cc3-n3c4ccccc4c4cccc2c43)N5c2ccccc2)cc1. The van der Waals surface area contributed by atoms with E-state index in [1.807, 2.05) is 0 Å². The molecule has 0 saturated heterocycles. The Hall–Kier alpha value is -8.87. The van der Waals surface area contributed by atoms with E-state index in [1.165, 1.54) is 54.8 Å². The molecule has 0 atom stereocenters. The zero-order valence-corrected chi connectivity index (χ0v) is 43.0. The van der Waals surface area contributed by atoms with Gasteiger partial charge in [0.15, 0.2) is 0 Å². The van der Waals surface area contributed by atoms with Gasteiger partial charge in [-0.25, -0.2) is 0 Å². The van der Waals surface area contributed by atoms with E-state index in [1.54, 1.807) is 0 Å². The molecule has 0 unspecified atom stereocenters. The predicted molar refractivity (Wildman–Crippen MR) is 316 cm³/mol. The third-order valence-electron chi connectivity index (χ3n) is 16.2. The van der Waals surface area contributed by atoms with Crippen LogP contribution in [0.3, 0.4) is 0 Å². The average molecular weight is 982 g/mol. The predicted octanol–water partition coefficient (Wildman–Crippen LogP) is 14.0. The highest BCUT2D eigenvalue weighted by atomic mass is 16.5. The maximum absolute atomic E-state index is 7.05. The summed E-state index contributed by atoms with van der Waals surface area (Å²) in [6.45, 7) is 8.73. The lowest BCUT2D eigenvalue weighted by molar-refractivity contribution is 0.463. The maximum atomic E-state index is 7.05. The molecule has 6 nitrogen and oxygen atoms in total. The van der Waals surface area contributed by atoms with Gasteiger partial charge in [0.2, 0.25) is 0 Å². The van der Waals surface area contributed by atoms with Gasteiger partial charge in [-0.1, -0.05) is 155 Å². The van der Waals surface area contributed by atoms with Crippen LogP contribution in [-0.2, 0) is 11.8 Å². The number of para-hydroxylation sites is 5. The van der Waals surface area contributed by atoms with E-state index in [2.05, 4.69) is 254 Å². The number of rotatable bonds is 9. The van der Waals surface area contributed by atoms with Crippen LogP contribution in [0.4, 0.5) is 34.1 Å². The first-order valence-corrected chi connectivity index (χ1v) is 26.9. The summed E-state index contributed by atoms with van der Waals surface area (Å²) in [5.41, 5.74) is 19.8. The number of aryl methyl sites for hydroxylation is 1. The molecular weight excluding hydrogens is 928 g/mol. The fourth-order valence-corrected chi connectivity index (χ4v) is 12.8. The molecule has 11 aromatic rings. The topological polar surface area (TPSA) is 39.1 Å². The van der Waals surface area contributed by atoms with Gasteiger partial charge >= 0.3 is 0 Å². The molecule has 5 heterocycles. The number of hydrogen-bond donors (Lipinski definition) is 0. The van der Waals surface area contributed by atoms with Crippen LogP contribution in [-0.4, -0.2) is 18.0 Å². The first-order chi connectivity index (χ1) is 37.3. The molecule has 0 bridgehead atoms. The van der Waals surface area contributed by atoms with E-state index >= 15 is 0 Å². The fraction of sp³-hybridized carbons (Fsp3) is 0.118. The summed E-state index contributed by atoms with van der Waals surface area (Å²) in [6.07, 6.45) is 3.38. The second-order valence-corrected chi connectivity index (χ2v) is 21.9. The van der Waals surface area contributed by atoms with Gasteiger partial charge in [-0.05, 0) is 129 Å². The minimum atomic E-state index is -0.139. The number of unbranched alkanes of at least 4 members (excludes halogenated alkanes) is 1. The Kier molecular flexibility index (Phi) is 10.0. The summed E-state index contributed by atoms with van der Waals surface area (Å²) in [6, 6.07) is 77.1. The number of fused-ring (bicyclic) bond motifs is 11. The smallest absolute Gasteiger partial charge is 0.256 e. The van der Waals surface area contributed by atoms with Crippen molar-refractivity contribution >= 4 is 102 Å². The molecule has 0 radical (unpaired) electrons. The van der Waals surface area contributed by atoms with Crippen LogP contribution < -0.4 is 56.8 Å². The van der Waals surface area contributed by atoms with Crippen LogP contribution in [0, 0.1) is 0 Å². The molecule has 0 amide bonds. The Morgan fingerprint density at radius 1 is 0.447 bits per heavy atom. The molecule has 15 rings (SSSR count). The van der Waals surface area contributed by atoms with Crippen molar-refractivity contribution in [3.05, 3.63) is 223 Å². The van der Waals surface area contributed by atoms with Crippen LogP contribution in [0.15, 0.2) is 212 Å². The first-order valence-electron chi connectivity index (χ1n) is 26.9. The van der Waals surface area contributed by atoms with Crippen molar-refractivity contribution in [1.29, 1.82) is 0 Å². The minimum Gasteiger partial charge on any atom is -0.458 e. The van der Waals surface area contributed by atoms with Crippen LogP contribution in [0.1, 0.15) is 51.7 Å². The van der Waals surface area contributed by atoms with Crippen molar-refractivity contribution in [2.45, 2.75) is 52.4 Å². The molecule has 76 heavy (non-hydrogen) atoms. The van der Waals surface area contributed by atoms with E-state index in [0.717, 1.165) is 98.7 Å². The van der Waals surface area contributed by atoms with Crippen molar-refractivity contribution in [1.82, 2.24) is 4.57 Å². The van der Waals surface area contributed by atoms with Crippen molar-refractivity contribution in [3.8, 4) is 40.2 Å². The third-order valence-corrected chi connectivity index (χ3v) is 16.2. The van der Waals surface area contributed by atoms with Crippen LogP contribution in [0.25, 0.3) is 27.5 Å². The molecule has 0 saturated carbocycles. The van der Waals surface area contributed by atoms with Crippen molar-refractivity contribution < 1.29 is 14.2 Å². The Morgan fingerprint density at radius 3 is 1.70 bits per heavy atom. The number of nitrogens with zero attached hydrogens (tertiary/aromatic N) is 3. The van der Waals surface area contributed by atoms with Gasteiger partial charge in [0.25, 0.3) is 13.4 Å². The van der Waals surface area contributed by atoms with Gasteiger partial charge in [0, 0.05) is 80.4 Å². The molecule has 8 heteroatoms. The van der Waals surface area contributed by atoms with E-state index in [0.29, 0.717) is 5.75 Å². The van der Waals surface area contributed by atoms with Crippen molar-refractivity contribution in [2.75, 3.05) is 9.80 Å². The Balaban J connectivity index is 1.00. The minimum absolute atomic E-state index is 0.0195. The van der Waals surface area contributed by atoms with Gasteiger partial charge in [-0.2, -0.15) is 0 Å². The van der Waals surface area contributed by atoms with Crippen LogP contribution >= 0.6 is 0 Å². The fourth-order valence-electron chi connectivity index (χ4n) is 12.8. The normalized spacial score (nSPS) is 13.4. The van der Waals surface area contributed by atoms with Crippen LogP contribution in [0.2, 0.25) is 0 Å². The molecule has 4 aliphatic heterocycles. The second kappa shape index (κ2) is 17.1. The van der Waals surface area contributed by atoms with E-state index < -0.39 is 0 Å². The van der Waals surface area contributed by atoms with Gasteiger partial charge in [-0.3, -0.25) is 0 Å². The molecular formula is C68H53B2N3O3. The summed E-state index contributed by atoms with van der Waals surface area (Å²) in [4.78, 5) is 4.93. The standard InChI is InChI=1S/C68H53B2N3O3/c1-5-6-18-43-29-33-47(34-30-43)75-50-39-62-66-64(40-50)76-63-28-16-14-25-53(63)69(66)55-41-56-59(42-58(55)72(62)46-21-11-8-12-22-46)71(45-19-9-7-10-20-45)60-37-49(74-48-35-31-44(32-36-48)68(2,3)4)38-61-65(60)70(56)54-26-17-24-52-51-23-13-15-27-57(51)73(61)67(52)54/h7-17,19-42H,5-6,18H2,1-4H3. The molecule has 1 aromatic heterocycles. The lowest BCUT2D eigenvalue weighted by Crippen LogP contribution is -2.64. The highest BCUT2D eigenvalue weighted by molar-refractivity contribution is 7.02. The number of aromatic nitrogens is 1. The number of anilines is 6. The molecule has 0 N–H and O–H groups in total. The summed E-state index contributed by atoms with van der Waals surface area (Å²) < 4.78 is 23.4. The highest BCUT2D eigenvalue weighted by Crippen LogP contribution is 2.48. The monoisotopic (exact) mass is 981 g/mol. The first kappa shape index (κ1) is 44.6. The molecule has 4 aliphatic rings. The Morgan fingerprint density at radius 2 is 1.01 bits per heavy atom. The lowest BCUT2D eigenvalue weighted by Gasteiger charge is -2.44. The molecule has 364 valence electrons.